The molecule has 0 saturated carbocycles. The summed E-state index contributed by atoms with van der Waals surface area (Å²) in [7, 11) is 0. The molecule has 0 amide bonds. The molecule has 0 radical (unpaired) electrons. The Morgan fingerprint density at radius 1 is 1.25 bits per heavy atom. The highest BCUT2D eigenvalue weighted by atomic mass is 14.9. The molecular formula is C13H21N3. The summed E-state index contributed by atoms with van der Waals surface area (Å²) in [4.78, 5) is 9.34. The van der Waals surface area contributed by atoms with Crippen LogP contribution in [0.1, 0.15) is 49.8 Å². The second-order valence-corrected chi connectivity index (χ2v) is 4.46. The van der Waals surface area contributed by atoms with E-state index in [4.69, 9.17) is 0 Å². The lowest BCUT2D eigenvalue weighted by atomic mass is 9.98. The zero-order valence-electron chi connectivity index (χ0n) is 10.3. The molecule has 1 unspecified atom stereocenters. The van der Waals surface area contributed by atoms with Gasteiger partial charge < -0.3 is 5.32 Å². The number of piperidine rings is 1. The average Bonchev–Trinajstić information content (AvgIpc) is 2.39. The largest absolute Gasteiger partial charge is 0.316 e. The van der Waals surface area contributed by atoms with Crippen LogP contribution in [0.4, 0.5) is 0 Å². The van der Waals surface area contributed by atoms with Gasteiger partial charge in [-0.3, -0.25) is 0 Å². The molecule has 1 aliphatic rings. The lowest BCUT2D eigenvalue weighted by Gasteiger charge is -2.22. The minimum Gasteiger partial charge on any atom is -0.316 e. The second kappa shape index (κ2) is 5.39. The summed E-state index contributed by atoms with van der Waals surface area (Å²) >= 11 is 0. The lowest BCUT2D eigenvalue weighted by Crippen LogP contribution is -2.29. The number of nitrogens with one attached hydrogen (secondary N) is 1. The quantitative estimate of drug-likeness (QED) is 0.845. The van der Waals surface area contributed by atoms with Crippen LogP contribution in [-0.2, 0) is 12.8 Å². The maximum absolute atomic E-state index is 4.67. The Hall–Kier alpha value is -0.960. The zero-order chi connectivity index (χ0) is 11.4. The fraction of sp³-hybridized carbons (Fsp3) is 0.692. The van der Waals surface area contributed by atoms with Crippen LogP contribution in [0.2, 0.25) is 0 Å². The van der Waals surface area contributed by atoms with E-state index in [0.717, 1.165) is 31.8 Å². The molecule has 16 heavy (non-hydrogen) atoms. The Balaban J connectivity index is 2.24. The predicted molar refractivity (Wildman–Crippen MR) is 65.6 cm³/mol. The molecule has 1 fully saturated rings. The Morgan fingerprint density at radius 3 is 2.44 bits per heavy atom. The standard InChI is InChI=1S/C13H21N3/c1-3-11-8-12(4-2)16-13(15-11)10-6-5-7-14-9-10/h8,10,14H,3-7,9H2,1-2H3. The van der Waals surface area contributed by atoms with Gasteiger partial charge in [-0.2, -0.15) is 0 Å². The van der Waals surface area contributed by atoms with Crippen molar-refractivity contribution >= 4 is 0 Å². The van der Waals surface area contributed by atoms with Crippen molar-refractivity contribution < 1.29 is 0 Å². The summed E-state index contributed by atoms with van der Waals surface area (Å²) in [6, 6.07) is 2.14. The predicted octanol–water partition coefficient (Wildman–Crippen LogP) is 2.07. The Bertz CT molecular complexity index is 321. The Kier molecular flexibility index (Phi) is 3.88. The molecule has 88 valence electrons. The summed E-state index contributed by atoms with van der Waals surface area (Å²) in [5.41, 5.74) is 2.37. The van der Waals surface area contributed by atoms with Gasteiger partial charge in [0.2, 0.25) is 0 Å². The minimum atomic E-state index is 0.519. The monoisotopic (exact) mass is 219 g/mol. The topological polar surface area (TPSA) is 37.8 Å². The van der Waals surface area contributed by atoms with Crippen LogP contribution in [0.25, 0.3) is 0 Å². The molecule has 1 N–H and O–H groups in total. The normalized spacial score (nSPS) is 21.0. The van der Waals surface area contributed by atoms with E-state index in [0.29, 0.717) is 5.92 Å². The van der Waals surface area contributed by atoms with Crippen LogP contribution in [0.15, 0.2) is 6.07 Å². The number of hydrogen-bond donors (Lipinski definition) is 1. The summed E-state index contributed by atoms with van der Waals surface area (Å²) < 4.78 is 0. The third-order valence-corrected chi connectivity index (χ3v) is 3.24. The van der Waals surface area contributed by atoms with Gasteiger partial charge in [-0.1, -0.05) is 13.8 Å². The van der Waals surface area contributed by atoms with Gasteiger partial charge in [0.1, 0.15) is 5.82 Å². The number of rotatable bonds is 3. The highest BCUT2D eigenvalue weighted by Crippen LogP contribution is 2.20. The lowest BCUT2D eigenvalue weighted by molar-refractivity contribution is 0.444. The first-order valence-corrected chi connectivity index (χ1v) is 6.41. The molecule has 2 heterocycles. The van der Waals surface area contributed by atoms with Gasteiger partial charge in [0, 0.05) is 23.9 Å². The van der Waals surface area contributed by atoms with Gasteiger partial charge >= 0.3 is 0 Å². The van der Waals surface area contributed by atoms with Crippen LogP contribution in [0, 0.1) is 0 Å². The first-order valence-electron chi connectivity index (χ1n) is 6.41. The van der Waals surface area contributed by atoms with Gasteiger partial charge in [0.25, 0.3) is 0 Å². The van der Waals surface area contributed by atoms with Crippen molar-refractivity contribution in [1.82, 2.24) is 15.3 Å². The number of hydrogen-bond acceptors (Lipinski definition) is 3. The molecule has 1 aromatic heterocycles. The van der Waals surface area contributed by atoms with E-state index in [2.05, 4.69) is 35.2 Å². The third-order valence-electron chi connectivity index (χ3n) is 3.24. The van der Waals surface area contributed by atoms with Crippen molar-refractivity contribution in [3.8, 4) is 0 Å². The molecular weight excluding hydrogens is 198 g/mol. The molecule has 1 saturated heterocycles. The molecule has 1 aromatic rings. The van der Waals surface area contributed by atoms with E-state index in [1.807, 2.05) is 0 Å². The Morgan fingerprint density at radius 2 is 1.94 bits per heavy atom. The van der Waals surface area contributed by atoms with Crippen LogP contribution < -0.4 is 5.32 Å². The van der Waals surface area contributed by atoms with Crippen molar-refractivity contribution in [3.63, 3.8) is 0 Å². The van der Waals surface area contributed by atoms with Crippen LogP contribution in [0.5, 0.6) is 0 Å². The number of aromatic nitrogens is 2. The molecule has 0 aromatic carbocycles. The molecule has 2 rings (SSSR count). The van der Waals surface area contributed by atoms with Crippen LogP contribution in [-0.4, -0.2) is 23.1 Å². The minimum absolute atomic E-state index is 0.519. The highest BCUT2D eigenvalue weighted by Gasteiger charge is 2.18. The van der Waals surface area contributed by atoms with Gasteiger partial charge in [0.05, 0.1) is 0 Å². The van der Waals surface area contributed by atoms with Gasteiger partial charge in [-0.25, -0.2) is 9.97 Å². The first kappa shape index (κ1) is 11.5. The molecule has 1 aliphatic heterocycles. The molecule has 0 bridgehead atoms. The number of aryl methyl sites for hydroxylation is 2. The second-order valence-electron chi connectivity index (χ2n) is 4.46. The smallest absolute Gasteiger partial charge is 0.133 e. The van der Waals surface area contributed by atoms with Crippen molar-refractivity contribution in [2.24, 2.45) is 0 Å². The maximum atomic E-state index is 4.67. The van der Waals surface area contributed by atoms with Crippen LogP contribution in [0.3, 0.4) is 0 Å². The average molecular weight is 219 g/mol. The van der Waals surface area contributed by atoms with E-state index in [9.17, 15) is 0 Å². The number of nitrogens with zero attached hydrogens (tertiary/aromatic N) is 2. The zero-order valence-corrected chi connectivity index (χ0v) is 10.3. The van der Waals surface area contributed by atoms with Gasteiger partial charge in [0.15, 0.2) is 0 Å². The van der Waals surface area contributed by atoms with Crippen molar-refractivity contribution in [2.45, 2.75) is 45.4 Å². The fourth-order valence-electron chi connectivity index (χ4n) is 2.19. The highest BCUT2D eigenvalue weighted by molar-refractivity contribution is 5.14. The van der Waals surface area contributed by atoms with Crippen LogP contribution >= 0.6 is 0 Å². The summed E-state index contributed by atoms with van der Waals surface area (Å²) in [5, 5.41) is 3.43. The summed E-state index contributed by atoms with van der Waals surface area (Å²) in [5.74, 6) is 1.58. The molecule has 0 aliphatic carbocycles. The van der Waals surface area contributed by atoms with E-state index in [1.54, 1.807) is 0 Å². The SMILES string of the molecule is CCc1cc(CC)nc(C2CCCNC2)n1. The van der Waals surface area contributed by atoms with E-state index in [1.165, 1.54) is 24.2 Å². The Labute approximate surface area is 97.7 Å². The summed E-state index contributed by atoms with van der Waals surface area (Å²) in [6.07, 6.45) is 4.47. The first-order chi connectivity index (χ1) is 7.83. The maximum Gasteiger partial charge on any atom is 0.133 e. The summed E-state index contributed by atoms with van der Waals surface area (Å²) in [6.45, 7) is 6.50. The van der Waals surface area contributed by atoms with Gasteiger partial charge in [-0.05, 0) is 38.3 Å². The third kappa shape index (κ3) is 2.59. The molecule has 3 heteroatoms. The van der Waals surface area contributed by atoms with E-state index in [-0.39, 0.29) is 0 Å². The van der Waals surface area contributed by atoms with Crippen molar-refractivity contribution in [2.75, 3.05) is 13.1 Å². The molecule has 1 atom stereocenters. The van der Waals surface area contributed by atoms with Crippen molar-refractivity contribution in [3.05, 3.63) is 23.3 Å². The molecule has 3 nitrogen and oxygen atoms in total. The van der Waals surface area contributed by atoms with E-state index >= 15 is 0 Å². The van der Waals surface area contributed by atoms with Gasteiger partial charge in [-0.15, -0.1) is 0 Å². The van der Waals surface area contributed by atoms with E-state index < -0.39 is 0 Å². The van der Waals surface area contributed by atoms with Crippen molar-refractivity contribution in [1.29, 1.82) is 0 Å². The molecule has 0 spiro atoms. The fourth-order valence-corrected chi connectivity index (χ4v) is 2.19.